The Kier molecular flexibility index (Phi) is 5.38. The largest absolute Gasteiger partial charge is 0.307 e. The Bertz CT molecular complexity index is 109. The summed E-state index contributed by atoms with van der Waals surface area (Å²) in [6, 6.07) is 0. The summed E-state index contributed by atoms with van der Waals surface area (Å²) in [4.78, 5) is 0. The summed E-state index contributed by atoms with van der Waals surface area (Å²) in [5, 5.41) is 2.90. The van der Waals surface area contributed by atoms with Crippen molar-refractivity contribution in [3.05, 3.63) is 0 Å². The first kappa shape index (κ1) is 11.8. The van der Waals surface area contributed by atoms with Gasteiger partial charge in [0, 0.05) is 0 Å². The summed E-state index contributed by atoms with van der Waals surface area (Å²) in [7, 11) is 0. The van der Waals surface area contributed by atoms with Gasteiger partial charge in [-0.2, -0.15) is 0 Å². The van der Waals surface area contributed by atoms with Crippen molar-refractivity contribution in [3.63, 3.8) is 0 Å². The first-order chi connectivity index (χ1) is 5.63. The average Bonchev–Trinajstić information content (AvgIpc) is 2.03. The fourth-order valence-corrected chi connectivity index (χ4v) is 1.53. The van der Waals surface area contributed by atoms with Crippen molar-refractivity contribution < 1.29 is 8.78 Å². The third-order valence-electron chi connectivity index (χ3n) is 2.27. The SMILES string of the molecule is CCCC(CC)(NCC)C(F)F. The van der Waals surface area contributed by atoms with Crippen LogP contribution in [0.15, 0.2) is 0 Å². The third kappa shape index (κ3) is 2.70. The van der Waals surface area contributed by atoms with E-state index >= 15 is 0 Å². The van der Waals surface area contributed by atoms with Gasteiger partial charge in [0.05, 0.1) is 5.54 Å². The lowest BCUT2D eigenvalue weighted by molar-refractivity contribution is 0.0220. The van der Waals surface area contributed by atoms with Crippen LogP contribution < -0.4 is 5.32 Å². The first-order valence-electron chi connectivity index (χ1n) is 4.66. The molecule has 0 amide bonds. The molecular formula is C9H19F2N. The Hall–Kier alpha value is -0.180. The lowest BCUT2D eigenvalue weighted by Gasteiger charge is -2.32. The zero-order valence-corrected chi connectivity index (χ0v) is 8.16. The number of hydrogen-bond acceptors (Lipinski definition) is 1. The van der Waals surface area contributed by atoms with Crippen molar-refractivity contribution in [1.29, 1.82) is 0 Å². The van der Waals surface area contributed by atoms with Gasteiger partial charge in [0.1, 0.15) is 0 Å². The minimum absolute atomic E-state index is 0.492. The second-order valence-corrected chi connectivity index (χ2v) is 3.09. The molecule has 12 heavy (non-hydrogen) atoms. The Morgan fingerprint density at radius 2 is 1.83 bits per heavy atom. The van der Waals surface area contributed by atoms with E-state index in [-0.39, 0.29) is 0 Å². The van der Waals surface area contributed by atoms with E-state index in [1.165, 1.54) is 0 Å². The molecule has 0 rings (SSSR count). The van der Waals surface area contributed by atoms with E-state index in [9.17, 15) is 8.78 Å². The van der Waals surface area contributed by atoms with E-state index in [0.717, 1.165) is 6.42 Å². The van der Waals surface area contributed by atoms with E-state index in [1.807, 2.05) is 20.8 Å². The molecule has 74 valence electrons. The quantitative estimate of drug-likeness (QED) is 0.661. The smallest absolute Gasteiger partial charge is 0.256 e. The van der Waals surface area contributed by atoms with Gasteiger partial charge < -0.3 is 5.32 Å². The lowest BCUT2D eigenvalue weighted by Crippen LogP contribution is -2.50. The summed E-state index contributed by atoms with van der Waals surface area (Å²) in [5.41, 5.74) is -0.941. The molecule has 0 aliphatic heterocycles. The predicted molar refractivity (Wildman–Crippen MR) is 47.6 cm³/mol. The molecule has 0 fully saturated rings. The van der Waals surface area contributed by atoms with Crippen LogP contribution in [-0.4, -0.2) is 18.5 Å². The van der Waals surface area contributed by atoms with Crippen LogP contribution in [0.25, 0.3) is 0 Å². The normalized spacial score (nSPS) is 16.5. The molecule has 3 heteroatoms. The molecular weight excluding hydrogens is 160 g/mol. The molecule has 0 aliphatic rings. The molecule has 0 saturated heterocycles. The van der Waals surface area contributed by atoms with Gasteiger partial charge in [-0.1, -0.05) is 27.2 Å². The Balaban J connectivity index is 4.28. The van der Waals surface area contributed by atoms with Crippen LogP contribution in [0.4, 0.5) is 8.78 Å². The fourth-order valence-electron chi connectivity index (χ4n) is 1.53. The van der Waals surface area contributed by atoms with Gasteiger partial charge in [-0.15, -0.1) is 0 Å². The number of hydrogen-bond donors (Lipinski definition) is 1. The van der Waals surface area contributed by atoms with E-state index in [4.69, 9.17) is 0 Å². The van der Waals surface area contributed by atoms with Crippen LogP contribution in [-0.2, 0) is 0 Å². The maximum absolute atomic E-state index is 12.7. The second kappa shape index (κ2) is 5.46. The van der Waals surface area contributed by atoms with Crippen LogP contribution >= 0.6 is 0 Å². The maximum Gasteiger partial charge on any atom is 0.256 e. The molecule has 0 aromatic carbocycles. The molecule has 0 saturated carbocycles. The molecule has 1 N–H and O–H groups in total. The van der Waals surface area contributed by atoms with Crippen molar-refractivity contribution in [2.45, 2.75) is 52.0 Å². The zero-order valence-electron chi connectivity index (χ0n) is 8.16. The molecule has 1 atom stereocenters. The standard InChI is InChI=1S/C9H19F2N/c1-4-7-9(5-2,8(10)11)12-6-3/h8,12H,4-7H2,1-3H3. The summed E-state index contributed by atoms with van der Waals surface area (Å²) >= 11 is 0. The average molecular weight is 179 g/mol. The van der Waals surface area contributed by atoms with Crippen molar-refractivity contribution in [2.24, 2.45) is 0 Å². The highest BCUT2D eigenvalue weighted by molar-refractivity contribution is 4.88. The summed E-state index contributed by atoms with van der Waals surface area (Å²) in [6.07, 6.45) is -0.422. The van der Waals surface area contributed by atoms with E-state index < -0.39 is 12.0 Å². The maximum atomic E-state index is 12.7. The second-order valence-electron chi connectivity index (χ2n) is 3.09. The fraction of sp³-hybridized carbons (Fsp3) is 1.00. The lowest BCUT2D eigenvalue weighted by atomic mass is 9.91. The van der Waals surface area contributed by atoms with Crippen LogP contribution in [0.3, 0.4) is 0 Å². The molecule has 0 aromatic rings. The number of rotatable bonds is 6. The Labute approximate surface area is 73.5 Å². The molecule has 0 aromatic heterocycles. The van der Waals surface area contributed by atoms with Gasteiger partial charge in [-0.25, -0.2) is 8.78 Å². The molecule has 0 bridgehead atoms. The number of alkyl halides is 2. The Morgan fingerprint density at radius 3 is 2.08 bits per heavy atom. The highest BCUT2D eigenvalue weighted by Crippen LogP contribution is 2.25. The monoisotopic (exact) mass is 179 g/mol. The minimum atomic E-state index is -2.26. The van der Waals surface area contributed by atoms with Crippen LogP contribution in [0, 0.1) is 0 Å². The Morgan fingerprint density at radius 1 is 1.25 bits per heavy atom. The van der Waals surface area contributed by atoms with Crippen molar-refractivity contribution >= 4 is 0 Å². The van der Waals surface area contributed by atoms with Gasteiger partial charge in [0.25, 0.3) is 6.43 Å². The molecule has 0 heterocycles. The summed E-state index contributed by atoms with van der Waals surface area (Å²) in [5.74, 6) is 0. The first-order valence-corrected chi connectivity index (χ1v) is 4.66. The van der Waals surface area contributed by atoms with E-state index in [2.05, 4.69) is 5.32 Å². The van der Waals surface area contributed by atoms with Gasteiger partial charge >= 0.3 is 0 Å². The van der Waals surface area contributed by atoms with Crippen molar-refractivity contribution in [3.8, 4) is 0 Å². The molecule has 0 radical (unpaired) electrons. The molecule has 1 nitrogen and oxygen atoms in total. The summed E-state index contributed by atoms with van der Waals surface area (Å²) < 4.78 is 25.3. The number of nitrogens with one attached hydrogen (secondary N) is 1. The third-order valence-corrected chi connectivity index (χ3v) is 2.27. The van der Waals surface area contributed by atoms with Gasteiger partial charge in [-0.3, -0.25) is 0 Å². The minimum Gasteiger partial charge on any atom is -0.307 e. The predicted octanol–water partition coefficient (Wildman–Crippen LogP) is 2.81. The van der Waals surface area contributed by atoms with Crippen molar-refractivity contribution in [2.75, 3.05) is 6.54 Å². The number of halogens is 2. The van der Waals surface area contributed by atoms with Crippen LogP contribution in [0.5, 0.6) is 0 Å². The molecule has 1 unspecified atom stereocenters. The van der Waals surface area contributed by atoms with Gasteiger partial charge in [0.2, 0.25) is 0 Å². The van der Waals surface area contributed by atoms with E-state index in [0.29, 0.717) is 19.4 Å². The van der Waals surface area contributed by atoms with Gasteiger partial charge in [-0.05, 0) is 19.4 Å². The molecule has 0 spiro atoms. The van der Waals surface area contributed by atoms with Crippen molar-refractivity contribution in [1.82, 2.24) is 5.32 Å². The van der Waals surface area contributed by atoms with Crippen LogP contribution in [0.2, 0.25) is 0 Å². The topological polar surface area (TPSA) is 12.0 Å². The highest BCUT2D eigenvalue weighted by atomic mass is 19.3. The van der Waals surface area contributed by atoms with Gasteiger partial charge in [0.15, 0.2) is 0 Å². The summed E-state index contributed by atoms with van der Waals surface area (Å²) in [6.45, 7) is 6.22. The molecule has 0 aliphatic carbocycles. The van der Waals surface area contributed by atoms with Crippen LogP contribution in [0.1, 0.15) is 40.0 Å². The van der Waals surface area contributed by atoms with E-state index in [1.54, 1.807) is 0 Å². The highest BCUT2D eigenvalue weighted by Gasteiger charge is 2.35. The zero-order chi connectivity index (χ0) is 9.61.